The van der Waals surface area contributed by atoms with Gasteiger partial charge in [-0.05, 0) is 44.0 Å². The van der Waals surface area contributed by atoms with E-state index >= 15 is 0 Å². The van der Waals surface area contributed by atoms with E-state index in [1.165, 1.54) is 12.1 Å². The first kappa shape index (κ1) is 12.5. The van der Waals surface area contributed by atoms with Crippen LogP contribution < -0.4 is 5.32 Å². The lowest BCUT2D eigenvalue weighted by atomic mass is 10.0. The molecule has 4 heteroatoms. The van der Waals surface area contributed by atoms with E-state index in [0.717, 1.165) is 28.9 Å². The summed E-state index contributed by atoms with van der Waals surface area (Å²) in [7, 11) is 0. The zero-order chi connectivity index (χ0) is 13.1. The van der Waals surface area contributed by atoms with Gasteiger partial charge < -0.3 is 5.32 Å². The second kappa shape index (κ2) is 5.12. The lowest BCUT2D eigenvalue weighted by molar-refractivity contribution is 0.628. The van der Waals surface area contributed by atoms with Crippen LogP contribution in [0.5, 0.6) is 0 Å². The molecule has 94 valence electrons. The number of anilines is 1. The van der Waals surface area contributed by atoms with Crippen molar-refractivity contribution in [2.45, 2.75) is 20.8 Å². The van der Waals surface area contributed by atoms with Gasteiger partial charge in [0.25, 0.3) is 0 Å². The summed E-state index contributed by atoms with van der Waals surface area (Å²) in [5.74, 6) is 0.320. The van der Waals surface area contributed by atoms with Crippen molar-refractivity contribution in [3.05, 3.63) is 41.3 Å². The Hall–Kier alpha value is -1.97. The highest BCUT2D eigenvalue weighted by molar-refractivity contribution is 5.67. The SMILES string of the molecule is CCNc1ncc(C)c(-c2cc(F)ccc2C)n1. The maximum absolute atomic E-state index is 13.4. The van der Waals surface area contributed by atoms with Crippen LogP contribution in [0.15, 0.2) is 24.4 Å². The normalized spacial score (nSPS) is 10.4. The van der Waals surface area contributed by atoms with Crippen LogP contribution in [0.2, 0.25) is 0 Å². The molecule has 1 aromatic carbocycles. The molecule has 0 aliphatic heterocycles. The smallest absolute Gasteiger partial charge is 0.223 e. The van der Waals surface area contributed by atoms with Crippen LogP contribution in [0.4, 0.5) is 10.3 Å². The average molecular weight is 245 g/mol. The topological polar surface area (TPSA) is 37.8 Å². The second-order valence-electron chi connectivity index (χ2n) is 4.21. The van der Waals surface area contributed by atoms with Crippen LogP contribution in [0, 0.1) is 19.7 Å². The Bertz CT molecular complexity index is 567. The average Bonchev–Trinajstić information content (AvgIpc) is 2.35. The third-order valence-corrected chi connectivity index (χ3v) is 2.76. The molecule has 0 saturated heterocycles. The van der Waals surface area contributed by atoms with Crippen LogP contribution in [0.25, 0.3) is 11.3 Å². The van der Waals surface area contributed by atoms with Crippen molar-refractivity contribution in [2.24, 2.45) is 0 Å². The van der Waals surface area contributed by atoms with Gasteiger partial charge in [-0.25, -0.2) is 14.4 Å². The van der Waals surface area contributed by atoms with Crippen LogP contribution >= 0.6 is 0 Å². The van der Waals surface area contributed by atoms with Crippen molar-refractivity contribution in [1.82, 2.24) is 9.97 Å². The van der Waals surface area contributed by atoms with E-state index in [0.29, 0.717) is 5.95 Å². The molecule has 2 aromatic rings. The molecule has 0 unspecified atom stereocenters. The van der Waals surface area contributed by atoms with Gasteiger partial charge in [0, 0.05) is 18.3 Å². The lowest BCUT2D eigenvalue weighted by Gasteiger charge is -2.10. The minimum absolute atomic E-state index is 0.251. The van der Waals surface area contributed by atoms with Crippen molar-refractivity contribution in [3.8, 4) is 11.3 Å². The molecule has 0 bridgehead atoms. The Labute approximate surface area is 106 Å². The first-order valence-electron chi connectivity index (χ1n) is 5.96. The zero-order valence-electron chi connectivity index (χ0n) is 10.8. The molecule has 1 N–H and O–H groups in total. The molecule has 0 saturated carbocycles. The number of hydrogen-bond donors (Lipinski definition) is 1. The summed E-state index contributed by atoms with van der Waals surface area (Å²) in [5.41, 5.74) is 3.53. The molecule has 0 fully saturated rings. The summed E-state index contributed by atoms with van der Waals surface area (Å²) >= 11 is 0. The minimum Gasteiger partial charge on any atom is -0.354 e. The van der Waals surface area contributed by atoms with Gasteiger partial charge in [0.2, 0.25) is 5.95 Å². The Morgan fingerprint density at radius 2 is 2.00 bits per heavy atom. The predicted molar refractivity (Wildman–Crippen MR) is 71.1 cm³/mol. The fourth-order valence-electron chi connectivity index (χ4n) is 1.81. The number of rotatable bonds is 3. The van der Waals surface area contributed by atoms with E-state index in [-0.39, 0.29) is 5.82 Å². The summed E-state index contributed by atoms with van der Waals surface area (Å²) < 4.78 is 13.4. The maximum atomic E-state index is 13.4. The summed E-state index contributed by atoms with van der Waals surface area (Å²) in [6.45, 7) is 6.61. The van der Waals surface area contributed by atoms with Gasteiger partial charge in [-0.2, -0.15) is 0 Å². The van der Waals surface area contributed by atoms with Crippen LogP contribution in [0.1, 0.15) is 18.1 Å². The van der Waals surface area contributed by atoms with Gasteiger partial charge in [-0.3, -0.25) is 0 Å². The number of halogens is 1. The van der Waals surface area contributed by atoms with Gasteiger partial charge >= 0.3 is 0 Å². The van der Waals surface area contributed by atoms with Gasteiger partial charge in [0.1, 0.15) is 5.82 Å². The highest BCUT2D eigenvalue weighted by Gasteiger charge is 2.09. The standard InChI is InChI=1S/C14H16FN3/c1-4-16-14-17-8-10(3)13(18-14)12-7-11(15)6-5-9(12)2/h5-8H,4H2,1-3H3,(H,16,17,18). The van der Waals surface area contributed by atoms with Crippen molar-refractivity contribution >= 4 is 5.95 Å². The van der Waals surface area contributed by atoms with E-state index in [1.807, 2.05) is 20.8 Å². The number of benzene rings is 1. The van der Waals surface area contributed by atoms with Crippen molar-refractivity contribution in [3.63, 3.8) is 0 Å². The molecule has 0 radical (unpaired) electrons. The molecule has 0 aliphatic rings. The third-order valence-electron chi connectivity index (χ3n) is 2.76. The number of nitrogens with one attached hydrogen (secondary N) is 1. The van der Waals surface area contributed by atoms with Gasteiger partial charge in [0.15, 0.2) is 0 Å². The van der Waals surface area contributed by atoms with Gasteiger partial charge in [-0.15, -0.1) is 0 Å². The van der Waals surface area contributed by atoms with E-state index in [2.05, 4.69) is 15.3 Å². The highest BCUT2D eigenvalue weighted by atomic mass is 19.1. The largest absolute Gasteiger partial charge is 0.354 e. The van der Waals surface area contributed by atoms with Crippen LogP contribution in [-0.2, 0) is 0 Å². The van der Waals surface area contributed by atoms with E-state index < -0.39 is 0 Å². The second-order valence-corrected chi connectivity index (χ2v) is 4.21. The lowest BCUT2D eigenvalue weighted by Crippen LogP contribution is -2.04. The summed E-state index contributed by atoms with van der Waals surface area (Å²) in [6, 6.07) is 4.74. The van der Waals surface area contributed by atoms with E-state index in [9.17, 15) is 4.39 Å². The van der Waals surface area contributed by atoms with Crippen molar-refractivity contribution in [1.29, 1.82) is 0 Å². The quantitative estimate of drug-likeness (QED) is 0.901. The Morgan fingerprint density at radius 3 is 2.72 bits per heavy atom. The highest BCUT2D eigenvalue weighted by Crippen LogP contribution is 2.25. The number of aromatic nitrogens is 2. The van der Waals surface area contributed by atoms with Gasteiger partial charge in [0.05, 0.1) is 5.69 Å². The van der Waals surface area contributed by atoms with Crippen molar-refractivity contribution in [2.75, 3.05) is 11.9 Å². The molecule has 0 amide bonds. The van der Waals surface area contributed by atoms with Crippen molar-refractivity contribution < 1.29 is 4.39 Å². The Morgan fingerprint density at radius 1 is 1.22 bits per heavy atom. The molecular formula is C14H16FN3. The van der Waals surface area contributed by atoms with Gasteiger partial charge in [-0.1, -0.05) is 6.07 Å². The molecule has 0 aliphatic carbocycles. The Kier molecular flexibility index (Phi) is 3.55. The third kappa shape index (κ3) is 2.47. The van der Waals surface area contributed by atoms with Crippen LogP contribution in [-0.4, -0.2) is 16.5 Å². The molecule has 0 atom stereocenters. The zero-order valence-corrected chi connectivity index (χ0v) is 10.8. The van der Waals surface area contributed by atoms with E-state index in [1.54, 1.807) is 12.3 Å². The Balaban J connectivity index is 2.55. The molecule has 1 heterocycles. The molecule has 2 rings (SSSR count). The summed E-state index contributed by atoms with van der Waals surface area (Å²) in [6.07, 6.45) is 1.75. The minimum atomic E-state index is -0.251. The summed E-state index contributed by atoms with van der Waals surface area (Å²) in [4.78, 5) is 8.64. The monoisotopic (exact) mass is 245 g/mol. The number of nitrogens with zero attached hydrogens (tertiary/aromatic N) is 2. The molecule has 3 nitrogen and oxygen atoms in total. The number of aryl methyl sites for hydroxylation is 2. The molecule has 0 spiro atoms. The summed E-state index contributed by atoms with van der Waals surface area (Å²) in [5, 5.41) is 3.06. The number of hydrogen-bond acceptors (Lipinski definition) is 3. The predicted octanol–water partition coefficient (Wildman–Crippen LogP) is 3.33. The molecule has 18 heavy (non-hydrogen) atoms. The maximum Gasteiger partial charge on any atom is 0.223 e. The fourth-order valence-corrected chi connectivity index (χ4v) is 1.81. The van der Waals surface area contributed by atoms with Crippen LogP contribution in [0.3, 0.4) is 0 Å². The first-order valence-corrected chi connectivity index (χ1v) is 5.96. The fraction of sp³-hybridized carbons (Fsp3) is 0.286. The van der Waals surface area contributed by atoms with E-state index in [4.69, 9.17) is 0 Å². The first-order chi connectivity index (χ1) is 8.61. The molecular weight excluding hydrogens is 229 g/mol. The molecule has 1 aromatic heterocycles.